The average molecular weight is 357 g/mol. The molecule has 0 spiro atoms. The molecule has 0 aromatic rings. The van der Waals surface area contributed by atoms with Gasteiger partial charge in [0.05, 0.1) is 65.6 Å². The molecule has 0 bridgehead atoms. The Morgan fingerprint density at radius 3 is 1.61 bits per heavy atom. The van der Waals surface area contributed by atoms with Crippen molar-refractivity contribution in [1.82, 2.24) is 0 Å². The number of ether oxygens (including phenoxy) is 6. The highest BCUT2D eigenvalue weighted by molar-refractivity contribution is 7.97. The van der Waals surface area contributed by atoms with Gasteiger partial charge in [-0.3, -0.25) is 0 Å². The monoisotopic (exact) mass is 356 g/mol. The van der Waals surface area contributed by atoms with Crippen molar-refractivity contribution in [2.45, 2.75) is 19.4 Å². The van der Waals surface area contributed by atoms with Crippen molar-refractivity contribution in [2.24, 2.45) is 0 Å². The summed E-state index contributed by atoms with van der Waals surface area (Å²) in [5.74, 6) is 0. The fourth-order valence-corrected chi connectivity index (χ4v) is 1.38. The lowest BCUT2D eigenvalue weighted by Crippen LogP contribution is -2.23. The summed E-state index contributed by atoms with van der Waals surface area (Å²) in [6.07, 6.45) is 5.11. The first-order valence-electron chi connectivity index (χ1n) is 7.99. The van der Waals surface area contributed by atoms with Crippen LogP contribution in [0, 0.1) is 0 Å². The SMILES string of the molecule is CCC(COCCOCCOC)OCCOCCOC.CSC. The summed E-state index contributed by atoms with van der Waals surface area (Å²) < 4.78 is 31.6. The van der Waals surface area contributed by atoms with Gasteiger partial charge in [0.15, 0.2) is 0 Å². The molecule has 0 N–H and O–H groups in total. The van der Waals surface area contributed by atoms with Crippen LogP contribution in [-0.4, -0.2) is 92.3 Å². The van der Waals surface area contributed by atoms with Crippen LogP contribution in [0.3, 0.4) is 0 Å². The van der Waals surface area contributed by atoms with Crippen molar-refractivity contribution in [2.75, 3.05) is 86.2 Å². The number of thioether (sulfide) groups is 1. The molecule has 142 valence electrons. The number of hydrogen-bond donors (Lipinski definition) is 0. The summed E-state index contributed by atoms with van der Waals surface area (Å²) in [5, 5.41) is 0. The van der Waals surface area contributed by atoms with Gasteiger partial charge >= 0.3 is 0 Å². The van der Waals surface area contributed by atoms with Gasteiger partial charge in [-0.25, -0.2) is 0 Å². The molecular weight excluding hydrogens is 320 g/mol. The van der Waals surface area contributed by atoms with Gasteiger partial charge in [-0.05, 0) is 18.9 Å². The molecule has 0 rings (SSSR count). The average Bonchev–Trinajstić information content (AvgIpc) is 2.56. The number of methoxy groups -OCH3 is 2. The molecule has 0 aliphatic rings. The van der Waals surface area contributed by atoms with Crippen LogP contribution in [-0.2, 0) is 28.4 Å². The van der Waals surface area contributed by atoms with E-state index in [4.69, 9.17) is 28.4 Å². The lowest BCUT2D eigenvalue weighted by molar-refractivity contribution is -0.0528. The number of hydrogen-bond acceptors (Lipinski definition) is 7. The highest BCUT2D eigenvalue weighted by Gasteiger charge is 2.06. The van der Waals surface area contributed by atoms with Gasteiger partial charge in [0, 0.05) is 14.2 Å². The molecule has 0 aromatic carbocycles. The smallest absolute Gasteiger partial charge is 0.0807 e. The fourth-order valence-electron chi connectivity index (χ4n) is 1.38. The van der Waals surface area contributed by atoms with E-state index in [1.54, 1.807) is 26.0 Å². The van der Waals surface area contributed by atoms with E-state index in [-0.39, 0.29) is 6.10 Å². The summed E-state index contributed by atoms with van der Waals surface area (Å²) >= 11 is 1.75. The molecule has 7 heteroatoms. The first-order chi connectivity index (χ1) is 11.3. The quantitative estimate of drug-likeness (QED) is 0.393. The Labute approximate surface area is 146 Å². The maximum Gasteiger partial charge on any atom is 0.0807 e. The molecule has 0 radical (unpaired) electrons. The van der Waals surface area contributed by atoms with Gasteiger partial charge in [-0.1, -0.05) is 6.92 Å². The van der Waals surface area contributed by atoms with E-state index < -0.39 is 0 Å². The third-order valence-corrected chi connectivity index (χ3v) is 2.58. The minimum absolute atomic E-state index is 0.111. The van der Waals surface area contributed by atoms with Crippen molar-refractivity contribution in [3.63, 3.8) is 0 Å². The first-order valence-corrected chi connectivity index (χ1v) is 9.62. The molecule has 0 aromatic heterocycles. The van der Waals surface area contributed by atoms with Crippen LogP contribution in [0.4, 0.5) is 0 Å². The van der Waals surface area contributed by atoms with Gasteiger partial charge in [0.2, 0.25) is 0 Å². The zero-order valence-electron chi connectivity index (χ0n) is 15.5. The predicted octanol–water partition coefficient (Wildman–Crippen LogP) is 2.10. The molecule has 0 amide bonds. The lowest BCUT2D eigenvalue weighted by Gasteiger charge is -2.16. The van der Waals surface area contributed by atoms with Crippen LogP contribution in [0.5, 0.6) is 0 Å². The fraction of sp³-hybridized carbons (Fsp3) is 1.00. The van der Waals surface area contributed by atoms with E-state index in [0.29, 0.717) is 59.5 Å². The molecule has 0 aliphatic carbocycles. The molecule has 23 heavy (non-hydrogen) atoms. The zero-order valence-corrected chi connectivity index (χ0v) is 16.3. The topological polar surface area (TPSA) is 55.4 Å². The van der Waals surface area contributed by atoms with Crippen LogP contribution in [0.2, 0.25) is 0 Å². The molecule has 6 nitrogen and oxygen atoms in total. The lowest BCUT2D eigenvalue weighted by atomic mass is 10.3. The highest BCUT2D eigenvalue weighted by atomic mass is 32.2. The van der Waals surface area contributed by atoms with Crippen molar-refractivity contribution in [3.05, 3.63) is 0 Å². The number of rotatable bonds is 16. The van der Waals surface area contributed by atoms with E-state index in [1.807, 2.05) is 12.5 Å². The molecule has 1 unspecified atom stereocenters. The van der Waals surface area contributed by atoms with E-state index in [0.717, 1.165) is 6.42 Å². The Bertz CT molecular complexity index is 197. The summed E-state index contributed by atoms with van der Waals surface area (Å²) in [4.78, 5) is 0. The summed E-state index contributed by atoms with van der Waals surface area (Å²) in [6.45, 7) is 7.42. The second-order valence-corrected chi connectivity index (χ2v) is 5.41. The Kier molecular flexibility index (Phi) is 26.9. The van der Waals surface area contributed by atoms with Crippen LogP contribution in [0.25, 0.3) is 0 Å². The second kappa shape index (κ2) is 24.4. The maximum atomic E-state index is 5.66. The summed E-state index contributed by atoms with van der Waals surface area (Å²) in [6, 6.07) is 0. The van der Waals surface area contributed by atoms with Crippen molar-refractivity contribution in [3.8, 4) is 0 Å². The van der Waals surface area contributed by atoms with Gasteiger partial charge < -0.3 is 28.4 Å². The van der Waals surface area contributed by atoms with Gasteiger partial charge in [0.1, 0.15) is 0 Å². The van der Waals surface area contributed by atoms with Crippen LogP contribution in [0.1, 0.15) is 13.3 Å². The summed E-state index contributed by atoms with van der Waals surface area (Å²) in [7, 11) is 3.31. The third kappa shape index (κ3) is 24.5. The van der Waals surface area contributed by atoms with E-state index in [9.17, 15) is 0 Å². The molecule has 0 aliphatic heterocycles. The largest absolute Gasteiger partial charge is 0.382 e. The van der Waals surface area contributed by atoms with Gasteiger partial charge in [0.25, 0.3) is 0 Å². The molecule has 1 atom stereocenters. The minimum atomic E-state index is 0.111. The Balaban J connectivity index is 0. The molecular formula is C16H36O6S. The normalized spacial score (nSPS) is 11.9. The van der Waals surface area contributed by atoms with Crippen LogP contribution in [0.15, 0.2) is 0 Å². The molecule has 0 fully saturated rings. The van der Waals surface area contributed by atoms with Crippen LogP contribution >= 0.6 is 11.8 Å². The highest BCUT2D eigenvalue weighted by Crippen LogP contribution is 1.99. The van der Waals surface area contributed by atoms with E-state index in [1.165, 1.54) is 0 Å². The molecule has 0 saturated heterocycles. The molecule has 0 heterocycles. The minimum Gasteiger partial charge on any atom is -0.382 e. The standard InChI is InChI=1S/C14H30O6.C2H6S/c1-4-14(20-12-11-18-8-6-16-3)13-19-10-9-17-7-5-15-2;1-3-2/h14H,4-13H2,1-3H3;1-2H3. The first kappa shape index (κ1) is 25.4. The predicted molar refractivity (Wildman–Crippen MR) is 95.7 cm³/mol. The Hall–Kier alpha value is 0.110. The van der Waals surface area contributed by atoms with Crippen molar-refractivity contribution < 1.29 is 28.4 Å². The van der Waals surface area contributed by atoms with Gasteiger partial charge in [-0.2, -0.15) is 11.8 Å². The Morgan fingerprint density at radius 2 is 1.13 bits per heavy atom. The molecule has 0 saturated carbocycles. The van der Waals surface area contributed by atoms with Crippen LogP contribution < -0.4 is 0 Å². The van der Waals surface area contributed by atoms with Crippen molar-refractivity contribution >= 4 is 11.8 Å². The zero-order chi connectivity index (χ0) is 17.6. The van der Waals surface area contributed by atoms with E-state index >= 15 is 0 Å². The van der Waals surface area contributed by atoms with E-state index in [2.05, 4.69) is 6.92 Å². The maximum absolute atomic E-state index is 5.66. The van der Waals surface area contributed by atoms with Gasteiger partial charge in [-0.15, -0.1) is 0 Å². The second-order valence-electron chi connectivity index (χ2n) is 4.59. The van der Waals surface area contributed by atoms with Crippen molar-refractivity contribution in [1.29, 1.82) is 0 Å². The Morgan fingerprint density at radius 1 is 0.696 bits per heavy atom. The third-order valence-electron chi connectivity index (χ3n) is 2.58. The summed E-state index contributed by atoms with van der Waals surface area (Å²) in [5.41, 5.74) is 0.